The first-order valence-electron chi connectivity index (χ1n) is 8.94. The van der Waals surface area contributed by atoms with Crippen LogP contribution < -0.4 is 4.90 Å². The minimum Gasteiger partial charge on any atom is -0.309 e. The van der Waals surface area contributed by atoms with Crippen LogP contribution in [-0.2, 0) is 0 Å². The number of hydrogen-bond donors (Lipinski definition) is 0. The summed E-state index contributed by atoms with van der Waals surface area (Å²) in [6, 6.07) is 12.0. The molecule has 0 aliphatic carbocycles. The van der Waals surface area contributed by atoms with E-state index >= 15 is 0 Å². The molecule has 8 heteroatoms. The van der Waals surface area contributed by atoms with Crippen molar-refractivity contribution in [3.63, 3.8) is 0 Å². The number of nitro groups is 1. The Morgan fingerprint density at radius 2 is 1.89 bits per heavy atom. The zero-order valence-corrected chi connectivity index (χ0v) is 16.9. The van der Waals surface area contributed by atoms with Crippen LogP contribution in [0.2, 0.25) is 0 Å². The number of benzene rings is 2. The van der Waals surface area contributed by atoms with Crippen molar-refractivity contribution in [3.05, 3.63) is 63.7 Å². The molecule has 1 aromatic heterocycles. The number of rotatable bonds is 7. The molecule has 0 atom stereocenters. The lowest BCUT2D eigenvalue weighted by molar-refractivity contribution is -0.385. The molecule has 0 fully saturated rings. The fourth-order valence-corrected chi connectivity index (χ4v) is 4.05. The van der Waals surface area contributed by atoms with Crippen molar-refractivity contribution in [2.45, 2.75) is 13.3 Å². The van der Waals surface area contributed by atoms with Gasteiger partial charge >= 0.3 is 0 Å². The summed E-state index contributed by atoms with van der Waals surface area (Å²) >= 11 is 1.43. The zero-order valence-electron chi connectivity index (χ0n) is 16.1. The van der Waals surface area contributed by atoms with E-state index in [4.69, 9.17) is 0 Å². The highest BCUT2D eigenvalue weighted by Crippen LogP contribution is 2.32. The lowest BCUT2D eigenvalue weighted by Crippen LogP contribution is -2.33. The van der Waals surface area contributed by atoms with Crippen molar-refractivity contribution in [2.75, 3.05) is 32.1 Å². The first kappa shape index (κ1) is 19.9. The lowest BCUT2D eigenvalue weighted by atomic mass is 10.1. The van der Waals surface area contributed by atoms with Crippen LogP contribution in [0.25, 0.3) is 10.2 Å². The van der Waals surface area contributed by atoms with Crippen molar-refractivity contribution in [1.29, 1.82) is 0 Å². The van der Waals surface area contributed by atoms with Gasteiger partial charge in [0.15, 0.2) is 5.13 Å². The van der Waals surface area contributed by atoms with E-state index in [1.165, 1.54) is 23.5 Å². The molecule has 3 aromatic rings. The third-order valence-corrected chi connectivity index (χ3v) is 5.45. The molecule has 0 N–H and O–H groups in total. The van der Waals surface area contributed by atoms with Crippen LogP contribution in [0, 0.1) is 17.0 Å². The van der Waals surface area contributed by atoms with Gasteiger partial charge in [0.1, 0.15) is 5.56 Å². The molecule has 1 heterocycles. The molecule has 0 unspecified atom stereocenters. The molecule has 0 aliphatic heterocycles. The Morgan fingerprint density at radius 1 is 1.14 bits per heavy atom. The SMILES string of the molecule is Cc1cccc2sc(N(CCCN(C)C)C(=O)c3ccccc3[N+](=O)[O-])nc12. The number of nitro benzene ring substituents is 1. The number of anilines is 1. The van der Waals surface area contributed by atoms with Gasteiger partial charge in [-0.1, -0.05) is 35.6 Å². The van der Waals surface area contributed by atoms with Gasteiger partial charge in [0.25, 0.3) is 11.6 Å². The highest BCUT2D eigenvalue weighted by atomic mass is 32.1. The number of aryl methyl sites for hydroxylation is 1. The lowest BCUT2D eigenvalue weighted by Gasteiger charge is -2.21. The molecule has 0 saturated heterocycles. The normalized spacial score (nSPS) is 11.1. The largest absolute Gasteiger partial charge is 0.309 e. The van der Waals surface area contributed by atoms with Crippen LogP contribution in [0.1, 0.15) is 22.3 Å². The Kier molecular flexibility index (Phi) is 6.01. The van der Waals surface area contributed by atoms with Crippen molar-refractivity contribution < 1.29 is 9.72 Å². The third-order valence-electron chi connectivity index (χ3n) is 4.40. The van der Waals surface area contributed by atoms with Gasteiger partial charge in [-0.25, -0.2) is 4.98 Å². The van der Waals surface area contributed by atoms with Crippen LogP contribution >= 0.6 is 11.3 Å². The molecule has 0 saturated carbocycles. The maximum absolute atomic E-state index is 13.3. The van der Waals surface area contributed by atoms with Gasteiger partial charge in [0.2, 0.25) is 0 Å². The van der Waals surface area contributed by atoms with Gasteiger partial charge in [0.05, 0.1) is 15.1 Å². The molecule has 2 aromatic carbocycles. The van der Waals surface area contributed by atoms with Crippen LogP contribution in [0.15, 0.2) is 42.5 Å². The smallest absolute Gasteiger partial charge is 0.282 e. The van der Waals surface area contributed by atoms with Gasteiger partial charge < -0.3 is 4.90 Å². The van der Waals surface area contributed by atoms with Gasteiger partial charge in [-0.15, -0.1) is 0 Å². The summed E-state index contributed by atoms with van der Waals surface area (Å²) in [6.07, 6.45) is 0.730. The van der Waals surface area contributed by atoms with Gasteiger partial charge in [0, 0.05) is 12.6 Å². The fourth-order valence-electron chi connectivity index (χ4n) is 2.98. The number of amides is 1. The minimum absolute atomic E-state index is 0.0772. The number of carbonyl (C=O) groups is 1. The average Bonchev–Trinajstić information content (AvgIpc) is 3.10. The van der Waals surface area contributed by atoms with Gasteiger partial charge in [-0.2, -0.15) is 0 Å². The third kappa shape index (κ3) is 4.18. The zero-order chi connectivity index (χ0) is 20.3. The molecule has 0 radical (unpaired) electrons. The molecule has 146 valence electrons. The van der Waals surface area contributed by atoms with E-state index in [0.29, 0.717) is 11.7 Å². The second-order valence-corrected chi connectivity index (χ2v) is 7.82. The molecule has 3 rings (SSSR count). The van der Waals surface area contributed by atoms with Crippen molar-refractivity contribution in [1.82, 2.24) is 9.88 Å². The standard InChI is InChI=1S/C20H22N4O3S/c1-14-8-6-11-17-18(14)21-20(28-17)23(13-7-12-22(2)3)19(25)15-9-4-5-10-16(15)24(26)27/h4-6,8-11H,7,12-13H2,1-3H3. The van der Waals surface area contributed by atoms with E-state index < -0.39 is 10.8 Å². The molecular formula is C20H22N4O3S. The molecular weight excluding hydrogens is 376 g/mol. The van der Waals surface area contributed by atoms with E-state index in [2.05, 4.69) is 4.98 Å². The molecule has 0 bridgehead atoms. The van der Waals surface area contributed by atoms with Crippen molar-refractivity contribution in [2.24, 2.45) is 0 Å². The summed E-state index contributed by atoms with van der Waals surface area (Å²) in [7, 11) is 3.94. The van der Waals surface area contributed by atoms with Crippen molar-refractivity contribution in [3.8, 4) is 0 Å². The summed E-state index contributed by atoms with van der Waals surface area (Å²) in [5, 5.41) is 12.0. The van der Waals surface area contributed by atoms with Crippen LogP contribution in [0.5, 0.6) is 0 Å². The molecule has 0 aliphatic rings. The summed E-state index contributed by atoms with van der Waals surface area (Å²) in [5.74, 6) is -0.400. The maximum atomic E-state index is 13.3. The van der Waals surface area contributed by atoms with E-state index in [1.54, 1.807) is 17.0 Å². The van der Waals surface area contributed by atoms with E-state index in [-0.39, 0.29) is 11.3 Å². The Bertz CT molecular complexity index is 1020. The number of nitrogens with zero attached hydrogens (tertiary/aromatic N) is 4. The Hall–Kier alpha value is -2.84. The monoisotopic (exact) mass is 398 g/mol. The molecule has 7 nitrogen and oxygen atoms in total. The Morgan fingerprint density at radius 3 is 2.57 bits per heavy atom. The van der Waals surface area contributed by atoms with Crippen LogP contribution in [0.4, 0.5) is 10.8 Å². The number of thiazole rings is 1. The quantitative estimate of drug-likeness (QED) is 0.442. The number of aromatic nitrogens is 1. The second-order valence-electron chi connectivity index (χ2n) is 6.81. The summed E-state index contributed by atoms with van der Waals surface area (Å²) in [5.41, 5.74) is 1.78. The topological polar surface area (TPSA) is 79.6 Å². The van der Waals surface area contributed by atoms with E-state index in [9.17, 15) is 14.9 Å². The van der Waals surface area contributed by atoms with Crippen LogP contribution in [-0.4, -0.2) is 47.9 Å². The Balaban J connectivity index is 2.02. The summed E-state index contributed by atoms with van der Waals surface area (Å²) < 4.78 is 0.989. The second kappa shape index (κ2) is 8.45. The van der Waals surface area contributed by atoms with Crippen LogP contribution in [0.3, 0.4) is 0 Å². The number of para-hydroxylation sites is 2. The predicted octanol–water partition coefficient (Wildman–Crippen LogP) is 4.11. The van der Waals surface area contributed by atoms with E-state index in [0.717, 1.165) is 28.7 Å². The Labute approximate surface area is 167 Å². The van der Waals surface area contributed by atoms with Crippen molar-refractivity contribution >= 4 is 38.3 Å². The fraction of sp³-hybridized carbons (Fsp3) is 0.300. The van der Waals surface area contributed by atoms with Gasteiger partial charge in [-0.05, 0) is 51.7 Å². The molecule has 1 amide bonds. The number of carbonyl (C=O) groups excluding carboxylic acids is 1. The first-order valence-corrected chi connectivity index (χ1v) is 9.76. The molecule has 0 spiro atoms. The van der Waals surface area contributed by atoms with Gasteiger partial charge in [-0.3, -0.25) is 19.8 Å². The number of fused-ring (bicyclic) bond motifs is 1. The highest BCUT2D eigenvalue weighted by molar-refractivity contribution is 7.22. The first-order chi connectivity index (χ1) is 13.4. The predicted molar refractivity (Wildman–Crippen MR) is 112 cm³/mol. The minimum atomic E-state index is -0.520. The average molecular weight is 398 g/mol. The maximum Gasteiger partial charge on any atom is 0.282 e. The van der Waals surface area contributed by atoms with E-state index in [1.807, 2.05) is 44.1 Å². The molecule has 28 heavy (non-hydrogen) atoms. The summed E-state index contributed by atoms with van der Waals surface area (Å²) in [4.78, 5) is 32.4. The highest BCUT2D eigenvalue weighted by Gasteiger charge is 2.27. The number of hydrogen-bond acceptors (Lipinski definition) is 6. The summed E-state index contributed by atoms with van der Waals surface area (Å²) in [6.45, 7) is 3.21.